The van der Waals surface area contributed by atoms with Crippen molar-refractivity contribution in [1.82, 2.24) is 0 Å². The van der Waals surface area contributed by atoms with Gasteiger partial charge < -0.3 is 14.2 Å². The third kappa shape index (κ3) is 5.99. The lowest BCUT2D eigenvalue weighted by atomic mass is 10.2. The van der Waals surface area contributed by atoms with Crippen molar-refractivity contribution < 1.29 is 23.8 Å². The molecule has 0 aliphatic rings. The molecule has 0 N–H and O–H groups in total. The first-order valence-electron chi connectivity index (χ1n) is 8.84. The largest absolute Gasteiger partial charge is 0.482 e. The van der Waals surface area contributed by atoms with Gasteiger partial charge in [0.25, 0.3) is 0 Å². The van der Waals surface area contributed by atoms with Gasteiger partial charge >= 0.3 is 11.9 Å². The number of ether oxygens (including phenoxy) is 3. The van der Waals surface area contributed by atoms with E-state index in [4.69, 9.17) is 14.2 Å². The quantitative estimate of drug-likeness (QED) is 0.552. The minimum absolute atomic E-state index is 0.204. The fraction of sp³-hybridized carbons (Fsp3) is 0.130. The molecule has 0 amide bonds. The van der Waals surface area contributed by atoms with Crippen molar-refractivity contribution in [3.05, 3.63) is 102 Å². The molecule has 3 aromatic carbocycles. The molecule has 0 fully saturated rings. The second-order valence-electron chi connectivity index (χ2n) is 6.02. The number of hydrogen-bond donors (Lipinski definition) is 0. The average Bonchev–Trinajstić information content (AvgIpc) is 2.76. The molecule has 3 rings (SSSR count). The van der Waals surface area contributed by atoms with Crippen molar-refractivity contribution in [2.45, 2.75) is 13.2 Å². The second-order valence-corrected chi connectivity index (χ2v) is 6.02. The van der Waals surface area contributed by atoms with Crippen molar-refractivity contribution in [3.63, 3.8) is 0 Å². The molecule has 0 unspecified atom stereocenters. The summed E-state index contributed by atoms with van der Waals surface area (Å²) in [4.78, 5) is 23.8. The molecular formula is C23H20O5. The van der Waals surface area contributed by atoms with E-state index in [9.17, 15) is 9.59 Å². The maximum atomic E-state index is 12.1. The Morgan fingerprint density at radius 2 is 1.18 bits per heavy atom. The van der Waals surface area contributed by atoms with Gasteiger partial charge in [-0.1, -0.05) is 60.7 Å². The molecule has 0 saturated heterocycles. The zero-order valence-corrected chi connectivity index (χ0v) is 15.2. The molecule has 0 atom stereocenters. The van der Waals surface area contributed by atoms with E-state index in [1.807, 2.05) is 60.7 Å². The van der Waals surface area contributed by atoms with Gasteiger partial charge in [-0.15, -0.1) is 0 Å². The number of hydrogen-bond acceptors (Lipinski definition) is 5. The highest BCUT2D eigenvalue weighted by Gasteiger charge is 2.09. The van der Waals surface area contributed by atoms with Gasteiger partial charge in [0.15, 0.2) is 6.61 Å². The van der Waals surface area contributed by atoms with Crippen molar-refractivity contribution in [2.24, 2.45) is 0 Å². The van der Waals surface area contributed by atoms with E-state index < -0.39 is 11.9 Å². The maximum Gasteiger partial charge on any atom is 0.344 e. The summed E-state index contributed by atoms with van der Waals surface area (Å²) in [5.41, 5.74) is 2.24. The highest BCUT2D eigenvalue weighted by Crippen LogP contribution is 2.14. The Balaban J connectivity index is 1.42. The molecule has 0 radical (unpaired) electrons. The van der Waals surface area contributed by atoms with Crippen LogP contribution in [0, 0.1) is 0 Å². The van der Waals surface area contributed by atoms with Crippen LogP contribution in [0.5, 0.6) is 5.75 Å². The molecule has 5 nitrogen and oxygen atoms in total. The van der Waals surface area contributed by atoms with Crippen LogP contribution in [-0.2, 0) is 27.5 Å². The molecule has 0 saturated carbocycles. The van der Waals surface area contributed by atoms with Crippen LogP contribution in [-0.4, -0.2) is 18.5 Å². The summed E-state index contributed by atoms with van der Waals surface area (Å²) < 4.78 is 15.8. The summed E-state index contributed by atoms with van der Waals surface area (Å²) in [6.45, 7) is 0.213. The van der Waals surface area contributed by atoms with Crippen LogP contribution in [0.2, 0.25) is 0 Å². The molecule has 0 aliphatic heterocycles. The van der Waals surface area contributed by atoms with Gasteiger partial charge in [-0.3, -0.25) is 0 Å². The summed E-state index contributed by atoms with van der Waals surface area (Å²) in [6.07, 6.45) is 0. The average molecular weight is 376 g/mol. The SMILES string of the molecule is O=C(COc1ccc(C(=O)OCc2ccccc2)cc1)OCc1ccccc1. The minimum Gasteiger partial charge on any atom is -0.482 e. The Kier molecular flexibility index (Phi) is 6.79. The molecule has 3 aromatic rings. The first kappa shape index (κ1) is 19.2. The Morgan fingerprint density at radius 3 is 1.75 bits per heavy atom. The predicted octanol–water partition coefficient (Wildman–Crippen LogP) is 4.17. The fourth-order valence-electron chi connectivity index (χ4n) is 2.42. The standard InChI is InChI=1S/C23H20O5/c24-22(27-15-18-7-3-1-4-8-18)17-26-21-13-11-20(12-14-21)23(25)28-16-19-9-5-2-6-10-19/h1-14H,15-17H2. The maximum absolute atomic E-state index is 12.1. The van der Waals surface area contributed by atoms with E-state index in [0.717, 1.165) is 11.1 Å². The molecule has 0 aliphatic carbocycles. The monoisotopic (exact) mass is 376 g/mol. The van der Waals surface area contributed by atoms with E-state index in [-0.39, 0.29) is 19.8 Å². The molecule has 28 heavy (non-hydrogen) atoms. The van der Waals surface area contributed by atoms with E-state index in [1.165, 1.54) is 0 Å². The number of carbonyl (C=O) groups is 2. The number of rotatable bonds is 8. The van der Waals surface area contributed by atoms with Crippen molar-refractivity contribution >= 4 is 11.9 Å². The van der Waals surface area contributed by atoms with E-state index in [0.29, 0.717) is 11.3 Å². The predicted molar refractivity (Wildman–Crippen MR) is 104 cm³/mol. The van der Waals surface area contributed by atoms with Gasteiger partial charge in [0, 0.05) is 0 Å². The molecule has 0 aromatic heterocycles. The van der Waals surface area contributed by atoms with Crippen molar-refractivity contribution in [2.75, 3.05) is 6.61 Å². The lowest BCUT2D eigenvalue weighted by Crippen LogP contribution is -2.14. The van der Waals surface area contributed by atoms with Gasteiger partial charge in [0.2, 0.25) is 0 Å². The Morgan fingerprint density at radius 1 is 0.643 bits per heavy atom. The Labute approximate surface area is 163 Å². The first-order valence-corrected chi connectivity index (χ1v) is 8.84. The third-order valence-corrected chi connectivity index (χ3v) is 3.90. The highest BCUT2D eigenvalue weighted by atomic mass is 16.6. The van der Waals surface area contributed by atoms with Gasteiger partial charge in [-0.2, -0.15) is 0 Å². The fourth-order valence-corrected chi connectivity index (χ4v) is 2.42. The third-order valence-electron chi connectivity index (χ3n) is 3.90. The number of esters is 2. The topological polar surface area (TPSA) is 61.8 Å². The van der Waals surface area contributed by atoms with E-state index in [1.54, 1.807) is 24.3 Å². The van der Waals surface area contributed by atoms with Gasteiger partial charge in [0.05, 0.1) is 5.56 Å². The zero-order valence-electron chi connectivity index (χ0n) is 15.2. The summed E-state index contributed by atoms with van der Waals surface area (Å²) in [5.74, 6) is -0.413. The van der Waals surface area contributed by atoms with Gasteiger partial charge in [-0.25, -0.2) is 9.59 Å². The zero-order chi connectivity index (χ0) is 19.6. The summed E-state index contributed by atoms with van der Waals surface area (Å²) >= 11 is 0. The van der Waals surface area contributed by atoms with Crippen LogP contribution in [0.1, 0.15) is 21.5 Å². The van der Waals surface area contributed by atoms with Crippen LogP contribution in [0.25, 0.3) is 0 Å². The van der Waals surface area contributed by atoms with Crippen molar-refractivity contribution in [3.8, 4) is 5.75 Å². The van der Waals surface area contributed by atoms with Crippen LogP contribution >= 0.6 is 0 Å². The van der Waals surface area contributed by atoms with Crippen LogP contribution in [0.4, 0.5) is 0 Å². The number of benzene rings is 3. The second kappa shape index (κ2) is 9.92. The van der Waals surface area contributed by atoms with Gasteiger partial charge in [-0.05, 0) is 35.4 Å². The summed E-state index contributed by atoms with van der Waals surface area (Å²) in [6, 6.07) is 25.3. The van der Waals surface area contributed by atoms with E-state index in [2.05, 4.69) is 0 Å². The minimum atomic E-state index is -0.463. The lowest BCUT2D eigenvalue weighted by Gasteiger charge is -2.08. The lowest BCUT2D eigenvalue weighted by molar-refractivity contribution is -0.147. The van der Waals surface area contributed by atoms with E-state index >= 15 is 0 Å². The summed E-state index contributed by atoms with van der Waals surface area (Å²) in [7, 11) is 0. The normalized spacial score (nSPS) is 10.1. The number of carbonyl (C=O) groups excluding carboxylic acids is 2. The Hall–Kier alpha value is -3.60. The molecular weight excluding hydrogens is 356 g/mol. The van der Waals surface area contributed by atoms with Crippen LogP contribution in [0.15, 0.2) is 84.9 Å². The van der Waals surface area contributed by atoms with Crippen LogP contribution in [0.3, 0.4) is 0 Å². The van der Waals surface area contributed by atoms with Gasteiger partial charge in [0.1, 0.15) is 19.0 Å². The van der Waals surface area contributed by atoms with Crippen molar-refractivity contribution in [1.29, 1.82) is 0 Å². The smallest absolute Gasteiger partial charge is 0.344 e. The first-order chi connectivity index (χ1) is 13.7. The molecule has 0 heterocycles. The highest BCUT2D eigenvalue weighted by molar-refractivity contribution is 5.89. The van der Waals surface area contributed by atoms with Crippen LogP contribution < -0.4 is 4.74 Å². The Bertz CT molecular complexity index is 889. The molecule has 5 heteroatoms. The summed E-state index contributed by atoms with van der Waals surface area (Å²) in [5, 5.41) is 0. The molecule has 142 valence electrons. The molecule has 0 bridgehead atoms. The molecule has 0 spiro atoms.